The fourth-order valence-electron chi connectivity index (χ4n) is 2.69. The summed E-state index contributed by atoms with van der Waals surface area (Å²) in [5.74, 6) is -0.363. The Bertz CT molecular complexity index is 741. The number of alkyl halides is 3. The van der Waals surface area contributed by atoms with Crippen LogP contribution in [0, 0.1) is 6.92 Å². The molecule has 1 N–H and O–H groups in total. The number of carbonyl (C=O) groups is 1. The maximum absolute atomic E-state index is 13.3. The number of carbonyl (C=O) groups excluding carboxylic acids is 1. The molecule has 0 spiro atoms. The van der Waals surface area contributed by atoms with Crippen LogP contribution >= 0.6 is 0 Å². The normalized spacial score (nSPS) is 17.5. The number of amides is 1. The van der Waals surface area contributed by atoms with Gasteiger partial charge in [-0.05, 0) is 19.1 Å². The average Bonchev–Trinajstić information content (AvgIpc) is 3.16. The molecule has 3 heterocycles. The molecule has 0 fully saturated rings. The Morgan fingerprint density at radius 1 is 1.38 bits per heavy atom. The van der Waals surface area contributed by atoms with E-state index in [0.29, 0.717) is 18.2 Å². The molecule has 0 bridgehead atoms. The van der Waals surface area contributed by atoms with Crippen LogP contribution in [0.15, 0.2) is 22.8 Å². The molecule has 3 rings (SSSR count). The van der Waals surface area contributed by atoms with Gasteiger partial charge in [-0.15, -0.1) is 10.2 Å². The molecule has 0 radical (unpaired) electrons. The molecule has 1 aliphatic rings. The highest BCUT2D eigenvalue weighted by Gasteiger charge is 2.58. The van der Waals surface area contributed by atoms with Crippen molar-refractivity contribution in [3.8, 4) is 0 Å². The van der Waals surface area contributed by atoms with Crippen molar-refractivity contribution in [2.75, 3.05) is 6.54 Å². The number of aromatic nitrogens is 3. The van der Waals surface area contributed by atoms with Crippen LogP contribution in [0.2, 0.25) is 0 Å². The third kappa shape index (κ3) is 2.66. The molecule has 130 valence electrons. The largest absolute Gasteiger partial charge is 0.466 e. The van der Waals surface area contributed by atoms with Crippen molar-refractivity contribution in [3.05, 3.63) is 35.8 Å². The first-order valence-corrected chi connectivity index (χ1v) is 7.22. The number of hydrogen-bond donors (Lipinski definition) is 1. The highest BCUT2D eigenvalue weighted by molar-refractivity contribution is 5.77. The molecule has 1 aliphatic heterocycles. The predicted molar refractivity (Wildman–Crippen MR) is 73.5 cm³/mol. The van der Waals surface area contributed by atoms with E-state index in [1.807, 2.05) is 0 Å². The molecule has 24 heavy (non-hydrogen) atoms. The van der Waals surface area contributed by atoms with Gasteiger partial charge in [0.15, 0.2) is 5.82 Å². The van der Waals surface area contributed by atoms with Crippen molar-refractivity contribution < 1.29 is 27.5 Å². The van der Waals surface area contributed by atoms with Crippen molar-refractivity contribution in [2.45, 2.75) is 38.2 Å². The van der Waals surface area contributed by atoms with E-state index in [4.69, 9.17) is 4.42 Å². The van der Waals surface area contributed by atoms with Gasteiger partial charge in [0.2, 0.25) is 11.5 Å². The molecule has 0 saturated heterocycles. The van der Waals surface area contributed by atoms with E-state index >= 15 is 0 Å². The van der Waals surface area contributed by atoms with Crippen LogP contribution in [-0.4, -0.2) is 43.4 Å². The molecule has 1 atom stereocenters. The number of rotatable bonds is 3. The van der Waals surface area contributed by atoms with E-state index in [-0.39, 0.29) is 13.1 Å². The van der Waals surface area contributed by atoms with E-state index in [2.05, 4.69) is 10.2 Å². The molecule has 1 amide bonds. The summed E-state index contributed by atoms with van der Waals surface area (Å²) in [6.07, 6.45) is -5.19. The number of fused-ring (bicyclic) bond motifs is 1. The third-order valence-corrected chi connectivity index (χ3v) is 4.10. The predicted octanol–water partition coefficient (Wildman–Crippen LogP) is 1.36. The summed E-state index contributed by atoms with van der Waals surface area (Å²) in [7, 11) is 0. The SMILES string of the molecule is Cc1nnc2n1CCN(C(=O)CC(O)(c1ccco1)C(F)(F)F)C2. The van der Waals surface area contributed by atoms with Gasteiger partial charge in [-0.25, -0.2) is 0 Å². The van der Waals surface area contributed by atoms with Gasteiger partial charge in [-0.2, -0.15) is 13.2 Å². The minimum atomic E-state index is -5.05. The lowest BCUT2D eigenvalue weighted by atomic mass is 9.94. The van der Waals surface area contributed by atoms with Crippen molar-refractivity contribution in [3.63, 3.8) is 0 Å². The summed E-state index contributed by atoms with van der Waals surface area (Å²) in [6, 6.07) is 2.22. The first-order valence-electron chi connectivity index (χ1n) is 7.22. The lowest BCUT2D eigenvalue weighted by molar-refractivity contribution is -0.274. The minimum absolute atomic E-state index is 0.0474. The second kappa shape index (κ2) is 5.62. The van der Waals surface area contributed by atoms with Gasteiger partial charge >= 0.3 is 6.18 Å². The Kier molecular flexibility index (Phi) is 3.86. The van der Waals surface area contributed by atoms with E-state index in [9.17, 15) is 23.1 Å². The Hall–Kier alpha value is -2.36. The van der Waals surface area contributed by atoms with E-state index in [1.54, 1.807) is 11.5 Å². The zero-order valence-electron chi connectivity index (χ0n) is 12.7. The number of hydrogen-bond acceptors (Lipinski definition) is 5. The average molecular weight is 344 g/mol. The Balaban J connectivity index is 1.80. The van der Waals surface area contributed by atoms with Gasteiger partial charge < -0.3 is 19.0 Å². The zero-order chi connectivity index (χ0) is 17.5. The van der Waals surface area contributed by atoms with Crippen LogP contribution < -0.4 is 0 Å². The standard InChI is InChI=1S/C14H15F3N4O3/c1-9-18-19-11-8-20(4-5-21(9)11)12(22)7-13(23,14(15,16)17)10-3-2-6-24-10/h2-3,6,23H,4-5,7-8H2,1H3. The molecule has 2 aromatic rings. The van der Waals surface area contributed by atoms with Crippen molar-refractivity contribution in [1.29, 1.82) is 0 Å². The highest BCUT2D eigenvalue weighted by atomic mass is 19.4. The molecule has 0 saturated carbocycles. The van der Waals surface area contributed by atoms with Crippen LogP contribution in [-0.2, 0) is 23.5 Å². The van der Waals surface area contributed by atoms with Crippen LogP contribution in [0.4, 0.5) is 13.2 Å². The maximum atomic E-state index is 13.3. The molecule has 7 nitrogen and oxygen atoms in total. The third-order valence-electron chi connectivity index (χ3n) is 4.10. The second-order valence-electron chi connectivity index (χ2n) is 5.64. The van der Waals surface area contributed by atoms with Gasteiger partial charge in [0, 0.05) is 13.1 Å². The van der Waals surface area contributed by atoms with Gasteiger partial charge in [0.25, 0.3) is 0 Å². The van der Waals surface area contributed by atoms with Crippen LogP contribution in [0.25, 0.3) is 0 Å². The lowest BCUT2D eigenvalue weighted by Crippen LogP contribution is -2.48. The molecular formula is C14H15F3N4O3. The van der Waals surface area contributed by atoms with Crippen LogP contribution in [0.3, 0.4) is 0 Å². The van der Waals surface area contributed by atoms with Gasteiger partial charge in [-0.3, -0.25) is 4.79 Å². The van der Waals surface area contributed by atoms with Gasteiger partial charge in [0.1, 0.15) is 11.6 Å². The highest BCUT2D eigenvalue weighted by Crippen LogP contribution is 2.42. The topological polar surface area (TPSA) is 84.4 Å². The second-order valence-corrected chi connectivity index (χ2v) is 5.64. The molecule has 1 unspecified atom stereocenters. The Morgan fingerprint density at radius 2 is 2.12 bits per heavy atom. The molecule has 0 aromatic carbocycles. The van der Waals surface area contributed by atoms with Gasteiger partial charge in [-0.1, -0.05) is 0 Å². The molecule has 0 aliphatic carbocycles. The van der Waals surface area contributed by atoms with Crippen molar-refractivity contribution in [1.82, 2.24) is 19.7 Å². The van der Waals surface area contributed by atoms with E-state index in [0.717, 1.165) is 12.3 Å². The Morgan fingerprint density at radius 3 is 2.75 bits per heavy atom. The monoisotopic (exact) mass is 344 g/mol. The fraction of sp³-hybridized carbons (Fsp3) is 0.500. The maximum Gasteiger partial charge on any atom is 0.425 e. The van der Waals surface area contributed by atoms with Gasteiger partial charge in [0.05, 0.1) is 19.2 Å². The smallest absolute Gasteiger partial charge is 0.425 e. The van der Waals surface area contributed by atoms with E-state index in [1.165, 1.54) is 11.0 Å². The first-order chi connectivity index (χ1) is 11.2. The number of nitrogens with zero attached hydrogens (tertiary/aromatic N) is 4. The molecule has 10 heteroatoms. The summed E-state index contributed by atoms with van der Waals surface area (Å²) < 4.78 is 46.5. The lowest BCUT2D eigenvalue weighted by Gasteiger charge is -2.32. The summed E-state index contributed by atoms with van der Waals surface area (Å²) in [6.45, 7) is 2.42. The first kappa shape index (κ1) is 16.5. The van der Waals surface area contributed by atoms with Crippen LogP contribution in [0.1, 0.15) is 23.8 Å². The molecular weight excluding hydrogens is 329 g/mol. The summed E-state index contributed by atoms with van der Waals surface area (Å²) in [5, 5.41) is 17.9. The summed E-state index contributed by atoms with van der Waals surface area (Å²) in [4.78, 5) is 13.6. The zero-order valence-corrected chi connectivity index (χ0v) is 12.7. The van der Waals surface area contributed by atoms with Crippen molar-refractivity contribution in [2.24, 2.45) is 0 Å². The molecule has 2 aromatic heterocycles. The number of furan rings is 1. The van der Waals surface area contributed by atoms with Crippen molar-refractivity contribution >= 4 is 5.91 Å². The fourth-order valence-corrected chi connectivity index (χ4v) is 2.69. The van der Waals surface area contributed by atoms with E-state index < -0.39 is 29.9 Å². The van der Waals surface area contributed by atoms with Crippen LogP contribution in [0.5, 0.6) is 0 Å². The number of halogens is 3. The summed E-state index contributed by atoms with van der Waals surface area (Å²) in [5.41, 5.74) is -3.37. The quantitative estimate of drug-likeness (QED) is 0.909. The number of aryl methyl sites for hydroxylation is 1. The minimum Gasteiger partial charge on any atom is -0.466 e. The number of aliphatic hydroxyl groups is 1. The summed E-state index contributed by atoms with van der Waals surface area (Å²) >= 11 is 0. The Labute approximate surface area is 134 Å².